The number of thiocarbonyl (C=S) groups is 1. The van der Waals surface area contributed by atoms with Crippen LogP contribution >= 0.6 is 28.1 Å². The third-order valence-electron chi connectivity index (χ3n) is 2.31. The molecule has 0 spiro atoms. The number of benzene rings is 1. The highest BCUT2D eigenvalue weighted by Crippen LogP contribution is 2.23. The van der Waals surface area contributed by atoms with Crippen molar-refractivity contribution in [1.82, 2.24) is 4.98 Å². The molecule has 0 atom stereocenters. The van der Waals surface area contributed by atoms with Crippen LogP contribution in [0.2, 0.25) is 0 Å². The molecule has 1 heterocycles. The highest BCUT2D eigenvalue weighted by atomic mass is 79.9. The van der Waals surface area contributed by atoms with Gasteiger partial charge in [-0.2, -0.15) is 0 Å². The Morgan fingerprint density at radius 2 is 2.17 bits per heavy atom. The molecule has 0 bridgehead atoms. The fourth-order valence-corrected chi connectivity index (χ4v) is 1.98. The normalized spacial score (nSPS) is 10.1. The first-order valence-electron chi connectivity index (χ1n) is 5.29. The van der Waals surface area contributed by atoms with E-state index in [1.807, 2.05) is 36.4 Å². The van der Waals surface area contributed by atoms with Gasteiger partial charge >= 0.3 is 0 Å². The molecular formula is C13H11BrN2OS. The van der Waals surface area contributed by atoms with Gasteiger partial charge in [0.1, 0.15) is 17.3 Å². The molecule has 0 saturated carbocycles. The second-order valence-electron chi connectivity index (χ2n) is 3.61. The average molecular weight is 323 g/mol. The van der Waals surface area contributed by atoms with Crippen molar-refractivity contribution in [1.29, 1.82) is 0 Å². The van der Waals surface area contributed by atoms with Crippen molar-refractivity contribution in [3.8, 4) is 5.75 Å². The zero-order valence-corrected chi connectivity index (χ0v) is 11.9. The highest BCUT2D eigenvalue weighted by molar-refractivity contribution is 9.10. The van der Waals surface area contributed by atoms with E-state index in [-0.39, 0.29) is 0 Å². The maximum atomic E-state index is 5.69. The van der Waals surface area contributed by atoms with Crippen molar-refractivity contribution in [2.75, 3.05) is 0 Å². The number of ether oxygens (including phenoxy) is 1. The van der Waals surface area contributed by atoms with Crippen LogP contribution in [-0.2, 0) is 6.61 Å². The number of nitrogens with two attached hydrogens (primary N) is 1. The van der Waals surface area contributed by atoms with Crippen LogP contribution in [0.4, 0.5) is 0 Å². The first-order valence-corrected chi connectivity index (χ1v) is 6.49. The molecule has 3 nitrogen and oxygen atoms in total. The number of pyridine rings is 1. The number of nitrogens with zero attached hydrogens (tertiary/aromatic N) is 1. The van der Waals surface area contributed by atoms with Crippen LogP contribution in [0.1, 0.15) is 11.3 Å². The highest BCUT2D eigenvalue weighted by Gasteiger charge is 2.07. The van der Waals surface area contributed by atoms with Gasteiger partial charge in [-0.15, -0.1) is 0 Å². The molecule has 0 aliphatic carbocycles. The van der Waals surface area contributed by atoms with E-state index in [1.165, 1.54) is 0 Å². The Labute approximate surface area is 119 Å². The first-order chi connectivity index (χ1) is 8.66. The summed E-state index contributed by atoms with van der Waals surface area (Å²) in [6.45, 7) is 0.387. The number of aromatic nitrogens is 1. The average Bonchev–Trinajstić information content (AvgIpc) is 2.38. The SMILES string of the molecule is NC(=S)c1cc(Br)ccc1OCc1ccccn1. The molecule has 0 saturated heterocycles. The summed E-state index contributed by atoms with van der Waals surface area (Å²) >= 11 is 8.38. The van der Waals surface area contributed by atoms with Gasteiger partial charge in [0.2, 0.25) is 0 Å². The van der Waals surface area contributed by atoms with Crippen LogP contribution in [0, 0.1) is 0 Å². The van der Waals surface area contributed by atoms with Gasteiger partial charge in [-0.1, -0.05) is 34.2 Å². The van der Waals surface area contributed by atoms with Crippen molar-refractivity contribution in [3.05, 3.63) is 58.3 Å². The van der Waals surface area contributed by atoms with Gasteiger partial charge in [0.05, 0.1) is 11.3 Å². The zero-order chi connectivity index (χ0) is 13.0. The predicted octanol–water partition coefficient (Wildman–Crippen LogP) is 3.06. The fraction of sp³-hybridized carbons (Fsp3) is 0.0769. The van der Waals surface area contributed by atoms with Gasteiger partial charge in [0.25, 0.3) is 0 Å². The molecule has 0 fully saturated rings. The lowest BCUT2D eigenvalue weighted by atomic mass is 10.2. The molecule has 5 heteroatoms. The van der Waals surface area contributed by atoms with Gasteiger partial charge in [-0.3, -0.25) is 4.98 Å². The smallest absolute Gasteiger partial charge is 0.130 e. The van der Waals surface area contributed by atoms with Gasteiger partial charge in [0.15, 0.2) is 0 Å². The Hall–Kier alpha value is -1.46. The lowest BCUT2D eigenvalue weighted by molar-refractivity contribution is 0.301. The van der Waals surface area contributed by atoms with E-state index in [4.69, 9.17) is 22.7 Å². The van der Waals surface area contributed by atoms with Crippen LogP contribution in [0.5, 0.6) is 5.75 Å². The minimum absolute atomic E-state index is 0.312. The monoisotopic (exact) mass is 322 g/mol. The largest absolute Gasteiger partial charge is 0.487 e. The lowest BCUT2D eigenvalue weighted by Gasteiger charge is -2.10. The molecular weight excluding hydrogens is 312 g/mol. The molecule has 0 aliphatic rings. The minimum atomic E-state index is 0.312. The molecule has 0 amide bonds. The second kappa shape index (κ2) is 5.93. The Morgan fingerprint density at radius 1 is 1.33 bits per heavy atom. The molecule has 92 valence electrons. The van der Waals surface area contributed by atoms with E-state index in [0.717, 1.165) is 15.7 Å². The molecule has 2 rings (SSSR count). The summed E-state index contributed by atoms with van der Waals surface area (Å²) < 4.78 is 6.60. The summed E-state index contributed by atoms with van der Waals surface area (Å²) in [5.74, 6) is 0.663. The van der Waals surface area contributed by atoms with E-state index in [0.29, 0.717) is 17.3 Å². The van der Waals surface area contributed by atoms with Gasteiger partial charge in [-0.25, -0.2) is 0 Å². The van der Waals surface area contributed by atoms with Crippen LogP contribution in [0.3, 0.4) is 0 Å². The zero-order valence-electron chi connectivity index (χ0n) is 9.47. The van der Waals surface area contributed by atoms with Crippen LogP contribution in [0.25, 0.3) is 0 Å². The molecule has 1 aromatic heterocycles. The van der Waals surface area contributed by atoms with E-state index in [2.05, 4.69) is 20.9 Å². The number of halogens is 1. The Kier molecular flexibility index (Phi) is 4.28. The van der Waals surface area contributed by atoms with Crippen molar-refractivity contribution in [2.24, 2.45) is 5.73 Å². The summed E-state index contributed by atoms with van der Waals surface area (Å²) in [6.07, 6.45) is 1.73. The molecule has 0 aliphatic heterocycles. The van der Waals surface area contributed by atoms with E-state index in [9.17, 15) is 0 Å². The Bertz CT molecular complexity index is 560. The number of hydrogen-bond acceptors (Lipinski definition) is 3. The molecule has 1 aromatic carbocycles. The maximum absolute atomic E-state index is 5.69. The molecule has 2 N–H and O–H groups in total. The van der Waals surface area contributed by atoms with E-state index in [1.54, 1.807) is 6.20 Å². The van der Waals surface area contributed by atoms with E-state index >= 15 is 0 Å². The van der Waals surface area contributed by atoms with Crippen LogP contribution in [0.15, 0.2) is 47.1 Å². The minimum Gasteiger partial charge on any atom is -0.487 e. The third kappa shape index (κ3) is 3.27. The maximum Gasteiger partial charge on any atom is 0.130 e. The molecule has 0 radical (unpaired) electrons. The molecule has 2 aromatic rings. The topological polar surface area (TPSA) is 48.1 Å². The first kappa shape index (κ1) is 13.0. The Balaban J connectivity index is 2.17. The third-order valence-corrected chi connectivity index (χ3v) is 3.02. The molecule has 0 unspecified atom stereocenters. The summed E-state index contributed by atoms with van der Waals surface area (Å²) in [4.78, 5) is 4.50. The molecule has 18 heavy (non-hydrogen) atoms. The van der Waals surface area contributed by atoms with Gasteiger partial charge < -0.3 is 10.5 Å². The lowest BCUT2D eigenvalue weighted by Crippen LogP contribution is -2.12. The standard InChI is InChI=1S/C13H11BrN2OS/c14-9-4-5-12(11(7-9)13(15)18)17-8-10-3-1-2-6-16-10/h1-7H,8H2,(H2,15,18). The fourth-order valence-electron chi connectivity index (χ4n) is 1.46. The van der Waals surface area contributed by atoms with E-state index < -0.39 is 0 Å². The Morgan fingerprint density at radius 3 is 2.83 bits per heavy atom. The summed E-state index contributed by atoms with van der Waals surface area (Å²) in [7, 11) is 0. The van der Waals surface area contributed by atoms with Crippen LogP contribution < -0.4 is 10.5 Å². The quantitative estimate of drug-likeness (QED) is 0.879. The summed E-state index contributed by atoms with van der Waals surface area (Å²) in [6, 6.07) is 11.2. The summed E-state index contributed by atoms with van der Waals surface area (Å²) in [5.41, 5.74) is 7.24. The number of rotatable bonds is 4. The van der Waals surface area contributed by atoms with Gasteiger partial charge in [0, 0.05) is 10.7 Å². The van der Waals surface area contributed by atoms with Gasteiger partial charge in [-0.05, 0) is 30.3 Å². The van der Waals surface area contributed by atoms with Crippen molar-refractivity contribution >= 4 is 33.1 Å². The van der Waals surface area contributed by atoms with Crippen molar-refractivity contribution < 1.29 is 4.74 Å². The number of hydrogen-bond donors (Lipinski definition) is 1. The summed E-state index contributed by atoms with van der Waals surface area (Å²) in [5, 5.41) is 0. The van der Waals surface area contributed by atoms with Crippen molar-refractivity contribution in [3.63, 3.8) is 0 Å². The van der Waals surface area contributed by atoms with Crippen LogP contribution in [-0.4, -0.2) is 9.97 Å². The second-order valence-corrected chi connectivity index (χ2v) is 4.97. The van der Waals surface area contributed by atoms with Crippen molar-refractivity contribution in [2.45, 2.75) is 6.61 Å². The predicted molar refractivity (Wildman–Crippen MR) is 78.6 cm³/mol.